The van der Waals surface area contributed by atoms with Crippen molar-refractivity contribution in [3.05, 3.63) is 34.5 Å². The van der Waals surface area contributed by atoms with Crippen LogP contribution in [0.5, 0.6) is 0 Å². The largest absolute Gasteiger partial charge is 0.354 e. The van der Waals surface area contributed by atoms with Crippen LogP contribution in [0, 0.1) is 0 Å². The van der Waals surface area contributed by atoms with Gasteiger partial charge in [-0.1, -0.05) is 6.07 Å². The number of amides is 1. The van der Waals surface area contributed by atoms with E-state index in [0.717, 1.165) is 4.88 Å². The van der Waals surface area contributed by atoms with Gasteiger partial charge in [0.05, 0.1) is 0 Å². The van der Waals surface area contributed by atoms with Crippen molar-refractivity contribution in [1.29, 1.82) is 0 Å². The zero-order valence-corrected chi connectivity index (χ0v) is 10.9. The van der Waals surface area contributed by atoms with Gasteiger partial charge in [-0.3, -0.25) is 9.48 Å². The molecule has 1 atom stereocenters. The maximum atomic E-state index is 11.8. The minimum atomic E-state index is -0.596. The molecule has 0 bridgehead atoms. The Morgan fingerprint density at radius 3 is 3.11 bits per heavy atom. The Morgan fingerprint density at radius 1 is 1.67 bits per heavy atom. The lowest BCUT2D eigenvalue weighted by Gasteiger charge is -2.09. The van der Waals surface area contributed by atoms with Gasteiger partial charge in [-0.25, -0.2) is 4.98 Å². The van der Waals surface area contributed by atoms with Crippen molar-refractivity contribution in [2.45, 2.75) is 12.5 Å². The van der Waals surface area contributed by atoms with E-state index in [1.807, 2.05) is 24.6 Å². The second kappa shape index (κ2) is 5.74. The summed E-state index contributed by atoms with van der Waals surface area (Å²) in [6.45, 7) is 0.488. The molecule has 0 aromatic carbocycles. The van der Waals surface area contributed by atoms with Gasteiger partial charge in [0.2, 0.25) is 5.91 Å². The zero-order valence-electron chi connectivity index (χ0n) is 10.0. The van der Waals surface area contributed by atoms with E-state index in [4.69, 9.17) is 5.73 Å². The molecule has 0 fully saturated rings. The Kier molecular flexibility index (Phi) is 4.06. The van der Waals surface area contributed by atoms with Crippen LogP contribution in [-0.4, -0.2) is 27.2 Å². The van der Waals surface area contributed by atoms with Gasteiger partial charge in [0, 0.05) is 24.9 Å². The topological polar surface area (TPSA) is 85.8 Å². The molecule has 2 rings (SSSR count). The first-order valence-corrected chi connectivity index (χ1v) is 6.46. The van der Waals surface area contributed by atoms with Crippen LogP contribution in [0.25, 0.3) is 0 Å². The number of nitrogens with two attached hydrogens (primary N) is 1. The Bertz CT molecular complexity index is 507. The van der Waals surface area contributed by atoms with Gasteiger partial charge >= 0.3 is 0 Å². The Labute approximate surface area is 109 Å². The average molecular weight is 265 g/mol. The smallest absolute Gasteiger partial charge is 0.242 e. The first kappa shape index (κ1) is 12.7. The number of thiophene rings is 1. The second-order valence-electron chi connectivity index (χ2n) is 3.87. The van der Waals surface area contributed by atoms with Gasteiger partial charge in [-0.2, -0.15) is 5.10 Å². The third kappa shape index (κ3) is 3.14. The first-order chi connectivity index (χ1) is 8.66. The molecular formula is C11H15N5OS. The fourth-order valence-corrected chi connectivity index (χ4v) is 2.23. The summed E-state index contributed by atoms with van der Waals surface area (Å²) in [4.78, 5) is 16.7. The number of nitrogens with one attached hydrogen (secondary N) is 1. The summed E-state index contributed by atoms with van der Waals surface area (Å²) in [5, 5.41) is 8.81. The molecule has 6 nitrogen and oxygen atoms in total. The predicted octanol–water partition coefficient (Wildman–Crippen LogP) is 0.235. The second-order valence-corrected chi connectivity index (χ2v) is 4.85. The molecule has 2 aromatic rings. The molecule has 0 aliphatic rings. The molecule has 3 N–H and O–H groups in total. The number of hydrogen-bond donors (Lipinski definition) is 2. The molecule has 0 radical (unpaired) electrons. The van der Waals surface area contributed by atoms with Crippen LogP contribution < -0.4 is 11.1 Å². The molecule has 2 heterocycles. The molecule has 0 saturated heterocycles. The van der Waals surface area contributed by atoms with Crippen LogP contribution in [0.1, 0.15) is 16.7 Å². The van der Waals surface area contributed by atoms with E-state index >= 15 is 0 Å². The molecule has 2 aromatic heterocycles. The van der Waals surface area contributed by atoms with Crippen LogP contribution in [0.4, 0.5) is 0 Å². The fraction of sp³-hybridized carbons (Fsp3) is 0.364. The maximum Gasteiger partial charge on any atom is 0.242 e. The predicted molar refractivity (Wildman–Crippen MR) is 69.0 cm³/mol. The quantitative estimate of drug-likeness (QED) is 0.810. The van der Waals surface area contributed by atoms with Gasteiger partial charge in [0.25, 0.3) is 0 Å². The van der Waals surface area contributed by atoms with E-state index in [2.05, 4.69) is 15.4 Å². The van der Waals surface area contributed by atoms with Crippen LogP contribution in [0.3, 0.4) is 0 Å². The van der Waals surface area contributed by atoms with Crippen LogP contribution in [-0.2, 0) is 18.3 Å². The summed E-state index contributed by atoms with van der Waals surface area (Å²) < 4.78 is 1.63. The molecule has 18 heavy (non-hydrogen) atoms. The Hall–Kier alpha value is -1.73. The van der Waals surface area contributed by atoms with E-state index in [0.29, 0.717) is 18.8 Å². The molecule has 0 aliphatic carbocycles. The highest BCUT2D eigenvalue weighted by molar-refractivity contribution is 7.10. The average Bonchev–Trinajstić information content (AvgIpc) is 2.99. The molecule has 0 spiro atoms. The molecule has 0 aliphatic heterocycles. The number of nitrogens with zero attached hydrogens (tertiary/aromatic N) is 3. The lowest BCUT2D eigenvalue weighted by Crippen LogP contribution is -2.34. The van der Waals surface area contributed by atoms with Gasteiger partial charge in [0.15, 0.2) is 5.82 Å². The van der Waals surface area contributed by atoms with Crippen molar-refractivity contribution >= 4 is 17.2 Å². The monoisotopic (exact) mass is 265 g/mol. The van der Waals surface area contributed by atoms with Crippen molar-refractivity contribution in [1.82, 2.24) is 20.1 Å². The van der Waals surface area contributed by atoms with Crippen molar-refractivity contribution < 1.29 is 4.79 Å². The van der Waals surface area contributed by atoms with Gasteiger partial charge in [0.1, 0.15) is 12.4 Å². The van der Waals surface area contributed by atoms with E-state index in [1.165, 1.54) is 11.3 Å². The number of carbonyl (C=O) groups excluding carboxylic acids is 1. The highest BCUT2D eigenvalue weighted by Gasteiger charge is 2.15. The first-order valence-electron chi connectivity index (χ1n) is 5.58. The lowest BCUT2D eigenvalue weighted by atomic mass is 10.2. The number of aromatic nitrogens is 3. The molecule has 7 heteroatoms. The standard InChI is InChI=1S/C11H15N5OS/c1-16-7-14-9(15-16)4-5-13-11(17)10(12)8-3-2-6-18-8/h2-3,6-7,10H,4-5,12H2,1H3,(H,13,17). The van der Waals surface area contributed by atoms with Crippen LogP contribution >= 0.6 is 11.3 Å². The third-order valence-corrected chi connectivity index (χ3v) is 3.38. The van der Waals surface area contributed by atoms with Crippen molar-refractivity contribution in [3.63, 3.8) is 0 Å². The number of hydrogen-bond acceptors (Lipinski definition) is 5. The van der Waals surface area contributed by atoms with Crippen molar-refractivity contribution in [2.24, 2.45) is 12.8 Å². The van der Waals surface area contributed by atoms with E-state index < -0.39 is 6.04 Å². The van der Waals surface area contributed by atoms with Gasteiger partial charge in [-0.15, -0.1) is 11.3 Å². The molecule has 1 amide bonds. The lowest BCUT2D eigenvalue weighted by molar-refractivity contribution is -0.122. The summed E-state index contributed by atoms with van der Waals surface area (Å²) >= 11 is 1.48. The molecule has 0 saturated carbocycles. The number of aryl methyl sites for hydroxylation is 1. The zero-order chi connectivity index (χ0) is 13.0. The number of rotatable bonds is 5. The minimum absolute atomic E-state index is 0.173. The van der Waals surface area contributed by atoms with Crippen molar-refractivity contribution in [2.75, 3.05) is 6.54 Å². The van der Waals surface area contributed by atoms with E-state index in [1.54, 1.807) is 11.0 Å². The third-order valence-electron chi connectivity index (χ3n) is 2.43. The van der Waals surface area contributed by atoms with Crippen LogP contribution in [0.2, 0.25) is 0 Å². The maximum absolute atomic E-state index is 11.8. The molecule has 1 unspecified atom stereocenters. The normalized spacial score (nSPS) is 12.3. The summed E-state index contributed by atoms with van der Waals surface area (Å²) in [5.41, 5.74) is 5.83. The van der Waals surface area contributed by atoms with E-state index in [-0.39, 0.29) is 5.91 Å². The van der Waals surface area contributed by atoms with Crippen LogP contribution in [0.15, 0.2) is 23.8 Å². The fourth-order valence-electron chi connectivity index (χ4n) is 1.50. The molecule has 96 valence electrons. The summed E-state index contributed by atoms with van der Waals surface area (Å²) in [7, 11) is 1.81. The minimum Gasteiger partial charge on any atom is -0.354 e. The molecular weight excluding hydrogens is 250 g/mol. The Morgan fingerprint density at radius 2 is 2.50 bits per heavy atom. The van der Waals surface area contributed by atoms with Gasteiger partial charge < -0.3 is 11.1 Å². The highest BCUT2D eigenvalue weighted by Crippen LogP contribution is 2.16. The van der Waals surface area contributed by atoms with Gasteiger partial charge in [-0.05, 0) is 11.4 Å². The van der Waals surface area contributed by atoms with Crippen molar-refractivity contribution in [3.8, 4) is 0 Å². The summed E-state index contributed by atoms with van der Waals surface area (Å²) in [6.07, 6.45) is 2.23. The van der Waals surface area contributed by atoms with E-state index in [9.17, 15) is 4.79 Å². The number of carbonyl (C=O) groups is 1. The summed E-state index contributed by atoms with van der Waals surface area (Å²) in [6, 6.07) is 3.14. The highest BCUT2D eigenvalue weighted by atomic mass is 32.1. The summed E-state index contributed by atoms with van der Waals surface area (Å²) in [5.74, 6) is 0.538. The SMILES string of the molecule is Cn1cnc(CCNC(=O)C(N)c2cccs2)n1. The Balaban J connectivity index is 1.78.